The summed E-state index contributed by atoms with van der Waals surface area (Å²) in [6.07, 6.45) is 2.26. The molecule has 42 heavy (non-hydrogen) atoms. The molecule has 0 amide bonds. The van der Waals surface area contributed by atoms with Gasteiger partial charge in [-0.3, -0.25) is 4.90 Å². The molecule has 3 aromatic carbocycles. The molecule has 2 saturated heterocycles. The molecule has 3 aliphatic rings. The van der Waals surface area contributed by atoms with Gasteiger partial charge in [-0.05, 0) is 60.3 Å². The van der Waals surface area contributed by atoms with E-state index in [1.165, 1.54) is 28.1 Å². The van der Waals surface area contributed by atoms with Crippen LogP contribution in [0.4, 0.5) is 11.4 Å². The van der Waals surface area contributed by atoms with Gasteiger partial charge in [0.2, 0.25) is 0 Å². The van der Waals surface area contributed by atoms with Gasteiger partial charge < -0.3 is 29.3 Å². The maximum atomic E-state index is 6.60. The lowest BCUT2D eigenvalue weighted by Gasteiger charge is -2.36. The van der Waals surface area contributed by atoms with Gasteiger partial charge in [0, 0.05) is 71.1 Å². The number of nitrogens with zero attached hydrogens (tertiary/aromatic N) is 3. The molecule has 0 radical (unpaired) electrons. The van der Waals surface area contributed by atoms with Crippen LogP contribution in [-0.2, 0) is 22.6 Å². The van der Waals surface area contributed by atoms with Crippen molar-refractivity contribution < 1.29 is 14.2 Å². The van der Waals surface area contributed by atoms with Crippen molar-refractivity contribution in [1.29, 1.82) is 0 Å². The van der Waals surface area contributed by atoms with E-state index in [0.717, 1.165) is 90.7 Å². The van der Waals surface area contributed by atoms with Gasteiger partial charge in [0.1, 0.15) is 12.4 Å². The molecule has 2 fully saturated rings. The Morgan fingerprint density at radius 3 is 2.52 bits per heavy atom. The minimum absolute atomic E-state index is 0.153. The Morgan fingerprint density at radius 1 is 0.905 bits per heavy atom. The number of hydrogen-bond donors (Lipinski definition) is 1. The Kier molecular flexibility index (Phi) is 9.93. The number of benzene rings is 3. The summed E-state index contributed by atoms with van der Waals surface area (Å²) in [4.78, 5) is 7.48. The lowest BCUT2D eigenvalue weighted by Crippen LogP contribution is -2.45. The van der Waals surface area contributed by atoms with E-state index in [0.29, 0.717) is 12.5 Å². The number of hydrogen-bond acceptors (Lipinski definition) is 7. The minimum atomic E-state index is 0.153. The molecule has 0 spiro atoms. The van der Waals surface area contributed by atoms with Gasteiger partial charge in [-0.2, -0.15) is 0 Å². The first-order chi connectivity index (χ1) is 20.8. The molecule has 0 aliphatic carbocycles. The van der Waals surface area contributed by atoms with Gasteiger partial charge in [0.25, 0.3) is 0 Å². The Hall–Kier alpha value is -3.10. The zero-order chi connectivity index (χ0) is 28.6. The molecule has 7 nitrogen and oxygen atoms in total. The number of para-hydroxylation sites is 1. The van der Waals surface area contributed by atoms with Gasteiger partial charge >= 0.3 is 0 Å². The van der Waals surface area contributed by atoms with E-state index < -0.39 is 0 Å². The molecule has 1 N–H and O–H groups in total. The number of fused-ring (bicyclic) bond motifs is 1. The molecule has 3 heterocycles. The topological polar surface area (TPSA) is 49.4 Å². The molecular weight excluding hydrogens is 524 g/mol. The maximum Gasteiger partial charge on any atom is 0.142 e. The third kappa shape index (κ3) is 7.27. The first kappa shape index (κ1) is 29.0. The third-order valence-electron chi connectivity index (χ3n) is 8.96. The van der Waals surface area contributed by atoms with Crippen LogP contribution in [0.3, 0.4) is 0 Å². The summed E-state index contributed by atoms with van der Waals surface area (Å²) in [5.74, 6) is 1.37. The van der Waals surface area contributed by atoms with E-state index in [9.17, 15) is 0 Å². The number of nitrogens with one attached hydrogen (secondary N) is 1. The van der Waals surface area contributed by atoms with Crippen molar-refractivity contribution in [2.45, 2.75) is 38.0 Å². The van der Waals surface area contributed by atoms with Crippen LogP contribution in [0.5, 0.6) is 5.75 Å². The highest BCUT2D eigenvalue weighted by molar-refractivity contribution is 5.61. The van der Waals surface area contributed by atoms with Crippen LogP contribution in [0, 0.1) is 0 Å². The maximum absolute atomic E-state index is 6.60. The molecule has 224 valence electrons. The first-order valence-electron chi connectivity index (χ1n) is 15.7. The number of ether oxygens (including phenoxy) is 3. The highest BCUT2D eigenvalue weighted by Crippen LogP contribution is 2.34. The summed E-state index contributed by atoms with van der Waals surface area (Å²) in [6, 6.07) is 26.6. The normalized spacial score (nSPS) is 21.2. The van der Waals surface area contributed by atoms with Gasteiger partial charge in [-0.1, -0.05) is 48.5 Å². The first-order valence-corrected chi connectivity index (χ1v) is 15.7. The highest BCUT2D eigenvalue weighted by Gasteiger charge is 2.28. The van der Waals surface area contributed by atoms with Crippen LogP contribution < -0.4 is 19.9 Å². The van der Waals surface area contributed by atoms with Gasteiger partial charge in [0.15, 0.2) is 0 Å². The SMILES string of the molecule is COCCCN1CCOc2ccc(CO[C@H]3CNCC[C@@H]3c3ccc(CN4CCN(c5ccccc5)CC4)cc3)cc21. The quantitative estimate of drug-likeness (QED) is 0.329. The van der Waals surface area contributed by atoms with Crippen molar-refractivity contribution in [1.82, 2.24) is 10.2 Å². The number of piperidine rings is 1. The number of methoxy groups -OCH3 is 1. The standard InChI is InChI=1S/C35H46N4O3/c1-40-22-5-16-39-21-23-41-34-13-10-29(24-33(34)39)27-42-35-25-36-15-14-32(35)30-11-8-28(9-12-30)26-37-17-19-38(20-18-37)31-6-3-2-4-7-31/h2-4,6-13,24,32,35-36H,5,14-23,25-27H2,1H3/t32-,35+/m1/s1. The molecule has 0 unspecified atom stereocenters. The van der Waals surface area contributed by atoms with Gasteiger partial charge in [0.05, 0.1) is 24.9 Å². The molecule has 6 rings (SSSR count). The summed E-state index contributed by atoms with van der Waals surface area (Å²) >= 11 is 0. The van der Waals surface area contributed by atoms with Crippen molar-refractivity contribution >= 4 is 11.4 Å². The molecule has 0 aromatic heterocycles. The molecule has 3 aliphatic heterocycles. The van der Waals surface area contributed by atoms with E-state index in [4.69, 9.17) is 14.2 Å². The summed E-state index contributed by atoms with van der Waals surface area (Å²) in [7, 11) is 1.76. The van der Waals surface area contributed by atoms with Crippen LogP contribution in [-0.4, -0.2) is 83.7 Å². The Balaban J connectivity index is 1.03. The van der Waals surface area contributed by atoms with Crippen LogP contribution in [0.1, 0.15) is 35.4 Å². The largest absolute Gasteiger partial charge is 0.490 e. The second-order valence-electron chi connectivity index (χ2n) is 11.8. The van der Waals surface area contributed by atoms with Gasteiger partial charge in [-0.15, -0.1) is 0 Å². The smallest absolute Gasteiger partial charge is 0.142 e. The molecule has 7 heteroatoms. The predicted octanol–water partition coefficient (Wildman–Crippen LogP) is 4.91. The summed E-state index contributed by atoms with van der Waals surface area (Å²) in [6.45, 7) is 11.3. The summed E-state index contributed by atoms with van der Waals surface area (Å²) < 4.78 is 17.8. The third-order valence-corrected chi connectivity index (χ3v) is 8.96. The fourth-order valence-electron chi connectivity index (χ4n) is 6.56. The van der Waals surface area contributed by atoms with Crippen LogP contribution in [0.15, 0.2) is 72.8 Å². The lowest BCUT2D eigenvalue weighted by atomic mass is 9.87. The van der Waals surface area contributed by atoms with Crippen molar-refractivity contribution in [2.75, 3.05) is 82.5 Å². The average Bonchev–Trinajstić information content (AvgIpc) is 3.05. The highest BCUT2D eigenvalue weighted by atomic mass is 16.5. The predicted molar refractivity (Wildman–Crippen MR) is 170 cm³/mol. The minimum Gasteiger partial charge on any atom is -0.490 e. The zero-order valence-electron chi connectivity index (χ0n) is 25.0. The zero-order valence-corrected chi connectivity index (χ0v) is 25.0. The molecular formula is C35H46N4O3. The van der Waals surface area contributed by atoms with E-state index in [2.05, 4.69) is 92.8 Å². The van der Waals surface area contributed by atoms with Crippen molar-refractivity contribution in [3.63, 3.8) is 0 Å². The van der Waals surface area contributed by atoms with Crippen LogP contribution in [0.2, 0.25) is 0 Å². The number of rotatable bonds is 11. The van der Waals surface area contributed by atoms with Crippen molar-refractivity contribution in [3.05, 3.63) is 89.5 Å². The molecule has 3 aromatic rings. The van der Waals surface area contributed by atoms with Gasteiger partial charge in [-0.25, -0.2) is 0 Å². The molecule has 0 bridgehead atoms. The second-order valence-corrected chi connectivity index (χ2v) is 11.8. The fourth-order valence-corrected chi connectivity index (χ4v) is 6.56. The Morgan fingerprint density at radius 2 is 1.71 bits per heavy atom. The van der Waals surface area contributed by atoms with Crippen molar-refractivity contribution in [3.8, 4) is 5.75 Å². The van der Waals surface area contributed by atoms with Crippen molar-refractivity contribution in [2.24, 2.45) is 0 Å². The number of piperazine rings is 1. The van der Waals surface area contributed by atoms with Crippen LogP contribution >= 0.6 is 0 Å². The summed E-state index contributed by atoms with van der Waals surface area (Å²) in [5, 5.41) is 3.56. The number of anilines is 2. The Bertz CT molecular complexity index is 1250. The average molecular weight is 571 g/mol. The van der Waals surface area contributed by atoms with E-state index >= 15 is 0 Å². The summed E-state index contributed by atoms with van der Waals surface area (Å²) in [5.41, 5.74) is 6.49. The molecule has 2 atom stereocenters. The molecule has 0 saturated carbocycles. The van der Waals surface area contributed by atoms with Crippen LogP contribution in [0.25, 0.3) is 0 Å². The fraction of sp³-hybridized carbons (Fsp3) is 0.486. The van der Waals surface area contributed by atoms with E-state index in [1.807, 2.05) is 0 Å². The van der Waals surface area contributed by atoms with E-state index in [1.54, 1.807) is 7.11 Å². The van der Waals surface area contributed by atoms with E-state index in [-0.39, 0.29) is 6.10 Å². The second kappa shape index (κ2) is 14.4. The monoisotopic (exact) mass is 570 g/mol. The Labute approximate surface area is 251 Å². The lowest BCUT2D eigenvalue weighted by molar-refractivity contribution is 0.0106.